The van der Waals surface area contributed by atoms with Gasteiger partial charge in [0.05, 0.1) is 10.2 Å². The second kappa shape index (κ2) is 6.37. The average Bonchev–Trinajstić information content (AvgIpc) is 2.76. The summed E-state index contributed by atoms with van der Waals surface area (Å²) in [4.78, 5) is 27.0. The van der Waals surface area contributed by atoms with E-state index in [1.165, 1.54) is 11.3 Å². The van der Waals surface area contributed by atoms with Crippen LogP contribution in [0.15, 0.2) is 41.9 Å². The van der Waals surface area contributed by atoms with Crippen LogP contribution in [-0.4, -0.2) is 29.8 Å². The van der Waals surface area contributed by atoms with Crippen LogP contribution < -0.4 is 4.80 Å². The van der Waals surface area contributed by atoms with Crippen molar-refractivity contribution in [1.29, 1.82) is 0 Å². The lowest BCUT2D eigenvalue weighted by Crippen LogP contribution is -2.23. The Morgan fingerprint density at radius 3 is 2.68 bits per heavy atom. The van der Waals surface area contributed by atoms with E-state index in [9.17, 15) is 18.0 Å². The Morgan fingerprint density at radius 2 is 2.05 bits per heavy atom. The zero-order chi connectivity index (χ0) is 16.3. The molecule has 0 spiro atoms. The van der Waals surface area contributed by atoms with Gasteiger partial charge in [-0.2, -0.15) is 4.99 Å². The molecule has 0 unspecified atom stereocenters. The maximum atomic E-state index is 11.8. The molecule has 0 atom stereocenters. The highest BCUT2D eigenvalue weighted by Crippen LogP contribution is 2.16. The maximum absolute atomic E-state index is 11.8. The first-order chi connectivity index (χ1) is 10.3. The van der Waals surface area contributed by atoms with Crippen molar-refractivity contribution in [1.82, 2.24) is 4.57 Å². The SMILES string of the molecule is C=CCn1c(=NC(=O)CS(=O)(=O)C(C)=O)sc2ccccc21. The molecule has 1 heterocycles. The van der Waals surface area contributed by atoms with E-state index in [1.54, 1.807) is 10.6 Å². The summed E-state index contributed by atoms with van der Waals surface area (Å²) in [5.41, 5.74) is 0.883. The Bertz CT molecular complexity index is 920. The van der Waals surface area contributed by atoms with Gasteiger partial charge in [-0.15, -0.1) is 6.58 Å². The quantitative estimate of drug-likeness (QED) is 0.786. The van der Waals surface area contributed by atoms with Crippen molar-refractivity contribution in [3.8, 4) is 0 Å². The van der Waals surface area contributed by atoms with Gasteiger partial charge in [-0.05, 0) is 12.1 Å². The standard InChI is InChI=1S/C14H14N2O4S2/c1-3-8-16-11-6-4-5-7-12(11)21-14(16)15-13(18)9-22(19,20)10(2)17/h3-7H,1,8-9H2,2H3. The summed E-state index contributed by atoms with van der Waals surface area (Å²) in [6.45, 7) is 5.02. The molecule has 1 aromatic carbocycles. The molecule has 2 aromatic rings. The highest BCUT2D eigenvalue weighted by atomic mass is 32.2. The number of rotatable bonds is 4. The minimum atomic E-state index is -4.08. The Morgan fingerprint density at radius 1 is 1.36 bits per heavy atom. The predicted octanol–water partition coefficient (Wildman–Crippen LogP) is 1.28. The van der Waals surface area contributed by atoms with Gasteiger partial charge >= 0.3 is 0 Å². The summed E-state index contributed by atoms with van der Waals surface area (Å²) >= 11 is 1.27. The molecule has 0 radical (unpaired) electrons. The highest BCUT2D eigenvalue weighted by molar-refractivity contribution is 8.06. The van der Waals surface area contributed by atoms with E-state index < -0.39 is 26.6 Å². The Balaban J connectivity index is 2.49. The number of allylic oxidation sites excluding steroid dienone is 1. The number of carbonyl (C=O) groups excluding carboxylic acids is 2. The van der Waals surface area contributed by atoms with Crippen LogP contribution in [0.25, 0.3) is 10.2 Å². The van der Waals surface area contributed by atoms with Gasteiger partial charge in [-0.3, -0.25) is 9.59 Å². The zero-order valence-electron chi connectivity index (χ0n) is 11.9. The molecule has 116 valence electrons. The minimum absolute atomic E-state index is 0.379. The molecule has 1 amide bonds. The number of thiazole rings is 1. The van der Waals surface area contributed by atoms with Crippen molar-refractivity contribution < 1.29 is 18.0 Å². The van der Waals surface area contributed by atoms with E-state index in [4.69, 9.17) is 0 Å². The van der Waals surface area contributed by atoms with Gasteiger partial charge in [0.15, 0.2) is 4.80 Å². The van der Waals surface area contributed by atoms with Crippen LogP contribution in [0.1, 0.15) is 6.92 Å². The highest BCUT2D eigenvalue weighted by Gasteiger charge is 2.21. The van der Waals surface area contributed by atoms with Crippen molar-refractivity contribution in [3.05, 3.63) is 41.7 Å². The first-order valence-corrected chi connectivity index (χ1v) is 8.82. The molecular weight excluding hydrogens is 324 g/mol. The van der Waals surface area contributed by atoms with Crippen molar-refractivity contribution in [2.75, 3.05) is 5.75 Å². The molecule has 0 fully saturated rings. The lowest BCUT2D eigenvalue weighted by Gasteiger charge is -2.00. The number of hydrogen-bond acceptors (Lipinski definition) is 5. The molecule has 0 bridgehead atoms. The molecule has 6 nitrogen and oxygen atoms in total. The van der Waals surface area contributed by atoms with E-state index in [1.807, 2.05) is 24.3 Å². The molecule has 0 N–H and O–H groups in total. The van der Waals surface area contributed by atoms with E-state index in [-0.39, 0.29) is 0 Å². The van der Waals surface area contributed by atoms with Gasteiger partial charge in [0, 0.05) is 13.5 Å². The molecule has 0 aliphatic carbocycles. The van der Waals surface area contributed by atoms with Crippen LogP contribution >= 0.6 is 11.3 Å². The number of hydrogen-bond donors (Lipinski definition) is 0. The van der Waals surface area contributed by atoms with E-state index in [2.05, 4.69) is 11.6 Å². The van der Waals surface area contributed by atoms with Crippen LogP contribution in [0.3, 0.4) is 0 Å². The molecule has 22 heavy (non-hydrogen) atoms. The van der Waals surface area contributed by atoms with Crippen LogP contribution in [0.5, 0.6) is 0 Å². The Hall–Kier alpha value is -2.06. The van der Waals surface area contributed by atoms with Gasteiger partial charge in [0.1, 0.15) is 5.75 Å². The van der Waals surface area contributed by atoms with E-state index in [0.717, 1.165) is 17.1 Å². The number of aromatic nitrogens is 1. The summed E-state index contributed by atoms with van der Waals surface area (Å²) in [5.74, 6) is -1.77. The first kappa shape index (κ1) is 16.3. The van der Waals surface area contributed by atoms with E-state index >= 15 is 0 Å². The second-order valence-corrected chi connectivity index (χ2v) is 7.61. The van der Waals surface area contributed by atoms with Crippen molar-refractivity contribution in [3.63, 3.8) is 0 Å². The summed E-state index contributed by atoms with van der Waals surface area (Å²) in [6, 6.07) is 7.49. The van der Waals surface area contributed by atoms with Gasteiger partial charge in [-0.25, -0.2) is 8.42 Å². The molecule has 2 rings (SSSR count). The third-order valence-electron chi connectivity index (χ3n) is 2.87. The monoisotopic (exact) mass is 338 g/mol. The van der Waals surface area contributed by atoms with Crippen LogP contribution in [-0.2, 0) is 26.0 Å². The predicted molar refractivity (Wildman–Crippen MR) is 85.0 cm³/mol. The maximum Gasteiger partial charge on any atom is 0.264 e. The Kier molecular flexibility index (Phi) is 4.72. The fourth-order valence-corrected chi connectivity index (χ4v) is 3.46. The largest absolute Gasteiger partial charge is 0.313 e. The average molecular weight is 338 g/mol. The molecule has 0 aliphatic heterocycles. The number of amides is 1. The number of nitrogens with zero attached hydrogens (tertiary/aromatic N) is 2. The minimum Gasteiger partial charge on any atom is -0.313 e. The normalized spacial score (nSPS) is 12.5. The fourth-order valence-electron chi connectivity index (χ4n) is 1.81. The fraction of sp³-hybridized carbons (Fsp3) is 0.214. The van der Waals surface area contributed by atoms with Crippen molar-refractivity contribution in [2.45, 2.75) is 13.5 Å². The van der Waals surface area contributed by atoms with Crippen LogP contribution in [0.4, 0.5) is 0 Å². The van der Waals surface area contributed by atoms with Crippen LogP contribution in [0, 0.1) is 0 Å². The third kappa shape index (κ3) is 3.40. The third-order valence-corrected chi connectivity index (χ3v) is 5.43. The lowest BCUT2D eigenvalue weighted by molar-refractivity contribution is -0.116. The zero-order valence-corrected chi connectivity index (χ0v) is 13.5. The topological polar surface area (TPSA) is 85.6 Å². The second-order valence-electron chi connectivity index (χ2n) is 4.51. The smallest absolute Gasteiger partial charge is 0.264 e. The first-order valence-electron chi connectivity index (χ1n) is 6.35. The molecule has 0 saturated heterocycles. The van der Waals surface area contributed by atoms with Crippen molar-refractivity contribution >= 4 is 42.4 Å². The van der Waals surface area contributed by atoms with Gasteiger partial charge in [0.2, 0.25) is 15.0 Å². The van der Waals surface area contributed by atoms with Gasteiger partial charge in [-0.1, -0.05) is 29.5 Å². The molecule has 0 aliphatic rings. The molecular formula is C14H14N2O4S2. The summed E-state index contributed by atoms with van der Waals surface area (Å²) in [6.07, 6.45) is 1.66. The van der Waals surface area contributed by atoms with Crippen LogP contribution in [0.2, 0.25) is 0 Å². The summed E-state index contributed by atoms with van der Waals surface area (Å²) in [7, 11) is -4.08. The summed E-state index contributed by atoms with van der Waals surface area (Å²) < 4.78 is 25.6. The van der Waals surface area contributed by atoms with Gasteiger partial charge < -0.3 is 4.57 Å². The summed E-state index contributed by atoms with van der Waals surface area (Å²) in [5, 5.41) is -1.04. The van der Waals surface area contributed by atoms with Gasteiger partial charge in [0.25, 0.3) is 5.91 Å². The number of fused-ring (bicyclic) bond motifs is 1. The van der Waals surface area contributed by atoms with E-state index in [0.29, 0.717) is 11.3 Å². The molecule has 1 aromatic heterocycles. The number of benzene rings is 1. The lowest BCUT2D eigenvalue weighted by atomic mass is 10.3. The molecule has 8 heteroatoms. The Labute approximate surface area is 131 Å². The number of carbonyl (C=O) groups is 2. The molecule has 0 saturated carbocycles. The van der Waals surface area contributed by atoms with Crippen molar-refractivity contribution in [2.24, 2.45) is 4.99 Å². The number of para-hydroxylation sites is 1. The number of sulfone groups is 1.